The van der Waals surface area contributed by atoms with Gasteiger partial charge in [0.1, 0.15) is 17.3 Å². The lowest BCUT2D eigenvalue weighted by atomic mass is 9.98. The molecular weight excluding hydrogens is 513 g/mol. The van der Waals surface area contributed by atoms with E-state index in [4.69, 9.17) is 14.6 Å². The number of carbonyl (C=O) groups excluding carboxylic acids is 1. The zero-order chi connectivity index (χ0) is 27.9. The second-order valence-electron chi connectivity index (χ2n) is 9.49. The molecule has 8 nitrogen and oxygen atoms in total. The number of carbonyl (C=O) groups is 2. The van der Waals surface area contributed by atoms with Gasteiger partial charge in [-0.2, -0.15) is 0 Å². The lowest BCUT2D eigenvalue weighted by Gasteiger charge is -2.32. The van der Waals surface area contributed by atoms with Crippen LogP contribution in [0.3, 0.4) is 0 Å². The van der Waals surface area contributed by atoms with Crippen LogP contribution in [0.25, 0.3) is 0 Å². The van der Waals surface area contributed by atoms with Crippen molar-refractivity contribution in [3.63, 3.8) is 0 Å². The van der Waals surface area contributed by atoms with E-state index in [9.17, 15) is 14.0 Å². The fourth-order valence-electron chi connectivity index (χ4n) is 4.43. The number of pyridine rings is 1. The summed E-state index contributed by atoms with van der Waals surface area (Å²) in [6.07, 6.45) is 3.28. The molecule has 2 N–H and O–H groups in total. The van der Waals surface area contributed by atoms with Crippen LogP contribution in [0.4, 0.5) is 15.9 Å². The number of carboxylic acids is 1. The molecule has 0 bridgehead atoms. The zero-order valence-corrected chi connectivity index (χ0v) is 21.6. The molecule has 0 atom stereocenters. The van der Waals surface area contributed by atoms with Crippen molar-refractivity contribution in [3.8, 4) is 17.2 Å². The molecule has 40 heavy (non-hydrogen) atoms. The number of para-hydroxylation sites is 1. The fourth-order valence-corrected chi connectivity index (χ4v) is 4.43. The number of piperidine rings is 1. The van der Waals surface area contributed by atoms with Gasteiger partial charge in [-0.05, 0) is 85.5 Å². The lowest BCUT2D eigenvalue weighted by Crippen LogP contribution is -2.36. The third kappa shape index (κ3) is 6.74. The van der Waals surface area contributed by atoms with E-state index in [1.807, 2.05) is 42.5 Å². The number of carboxylic acid groups (broad SMARTS) is 1. The van der Waals surface area contributed by atoms with E-state index in [0.717, 1.165) is 43.6 Å². The van der Waals surface area contributed by atoms with Gasteiger partial charge < -0.3 is 24.8 Å². The Morgan fingerprint density at radius 3 is 2.30 bits per heavy atom. The smallest absolute Gasteiger partial charge is 0.335 e. The number of ether oxygens (including phenoxy) is 2. The maximum absolute atomic E-state index is 14.0. The first-order valence-electron chi connectivity index (χ1n) is 13.0. The first kappa shape index (κ1) is 26.7. The van der Waals surface area contributed by atoms with Crippen LogP contribution in [0, 0.1) is 11.7 Å². The molecule has 1 aromatic heterocycles. The molecule has 9 heteroatoms. The standard InChI is InChI=1S/C31H28FN3O5/c32-27-12-8-23(31(37)38)18-28(27)39-20-21-14-16-35(17-15-21)29-13-9-24(19-33-29)34-30(36)22-6-10-26(11-7-22)40-25-4-2-1-3-5-25/h1-13,18-19,21H,14-17,20H2,(H,34,36)(H,37,38). The second kappa shape index (κ2) is 12.3. The molecule has 1 saturated heterocycles. The van der Waals surface area contributed by atoms with Crippen molar-refractivity contribution in [2.45, 2.75) is 12.8 Å². The Hall–Kier alpha value is -4.92. The van der Waals surface area contributed by atoms with Crippen molar-refractivity contribution in [1.29, 1.82) is 0 Å². The van der Waals surface area contributed by atoms with Crippen molar-refractivity contribution < 1.29 is 28.6 Å². The first-order chi connectivity index (χ1) is 19.4. The van der Waals surface area contributed by atoms with Gasteiger partial charge in [0.15, 0.2) is 11.6 Å². The number of nitrogens with zero attached hydrogens (tertiary/aromatic N) is 2. The van der Waals surface area contributed by atoms with Crippen LogP contribution in [0.2, 0.25) is 0 Å². The van der Waals surface area contributed by atoms with E-state index in [2.05, 4.69) is 15.2 Å². The summed E-state index contributed by atoms with van der Waals surface area (Å²) < 4.78 is 25.4. The molecule has 4 aromatic rings. The van der Waals surface area contributed by atoms with Crippen molar-refractivity contribution in [2.75, 3.05) is 29.9 Å². The summed E-state index contributed by atoms with van der Waals surface area (Å²) in [5.74, 6) is 0.399. The fraction of sp³-hybridized carbons (Fsp3) is 0.194. The molecule has 1 fully saturated rings. The van der Waals surface area contributed by atoms with Gasteiger partial charge in [-0.25, -0.2) is 14.2 Å². The number of hydrogen-bond donors (Lipinski definition) is 2. The van der Waals surface area contributed by atoms with Gasteiger partial charge in [0.25, 0.3) is 5.91 Å². The summed E-state index contributed by atoms with van der Waals surface area (Å²) in [4.78, 5) is 30.5. The molecular formula is C31H28FN3O5. The maximum atomic E-state index is 14.0. The molecule has 1 aliphatic rings. The summed E-state index contributed by atoms with van der Waals surface area (Å²) >= 11 is 0. The van der Waals surface area contributed by atoms with Crippen LogP contribution in [0.1, 0.15) is 33.6 Å². The summed E-state index contributed by atoms with van der Waals surface area (Å²) in [6, 6.07) is 23.6. The van der Waals surface area contributed by atoms with Crippen LogP contribution < -0.4 is 19.7 Å². The predicted octanol–water partition coefficient (Wildman–Crippen LogP) is 6.26. The molecule has 0 unspecified atom stereocenters. The lowest BCUT2D eigenvalue weighted by molar-refractivity contribution is 0.0696. The highest BCUT2D eigenvalue weighted by molar-refractivity contribution is 6.04. The number of anilines is 2. The van der Waals surface area contributed by atoms with Gasteiger partial charge in [-0.1, -0.05) is 18.2 Å². The average Bonchev–Trinajstić information content (AvgIpc) is 2.98. The molecule has 1 amide bonds. The Kier molecular flexibility index (Phi) is 8.20. The largest absolute Gasteiger partial charge is 0.490 e. The number of amides is 1. The van der Waals surface area contributed by atoms with E-state index in [1.165, 1.54) is 12.1 Å². The zero-order valence-electron chi connectivity index (χ0n) is 21.6. The molecule has 2 heterocycles. The van der Waals surface area contributed by atoms with Crippen LogP contribution in [-0.4, -0.2) is 41.7 Å². The number of halogens is 1. The van der Waals surface area contributed by atoms with Crippen molar-refractivity contribution in [3.05, 3.63) is 108 Å². The van der Waals surface area contributed by atoms with Crippen molar-refractivity contribution in [2.24, 2.45) is 5.92 Å². The highest BCUT2D eigenvalue weighted by Gasteiger charge is 2.22. The molecule has 1 aliphatic heterocycles. The molecule has 0 radical (unpaired) electrons. The van der Waals surface area contributed by atoms with Crippen LogP contribution in [0.15, 0.2) is 91.1 Å². The molecule has 3 aromatic carbocycles. The Morgan fingerprint density at radius 2 is 1.62 bits per heavy atom. The quantitative estimate of drug-likeness (QED) is 0.258. The van der Waals surface area contributed by atoms with E-state index in [1.54, 1.807) is 30.5 Å². The Balaban J connectivity index is 1.09. The van der Waals surface area contributed by atoms with Gasteiger partial charge in [-0.15, -0.1) is 0 Å². The third-order valence-electron chi connectivity index (χ3n) is 6.69. The Labute approximate surface area is 231 Å². The number of rotatable bonds is 9. The SMILES string of the molecule is O=C(O)c1ccc(F)c(OCC2CCN(c3ccc(NC(=O)c4ccc(Oc5ccccc5)cc4)cn3)CC2)c1. The monoisotopic (exact) mass is 541 g/mol. The van der Waals surface area contributed by atoms with Gasteiger partial charge in [0.2, 0.25) is 0 Å². The highest BCUT2D eigenvalue weighted by atomic mass is 19.1. The van der Waals surface area contributed by atoms with Gasteiger partial charge in [0, 0.05) is 18.7 Å². The van der Waals surface area contributed by atoms with Gasteiger partial charge in [-0.3, -0.25) is 4.79 Å². The predicted molar refractivity (Wildman–Crippen MR) is 149 cm³/mol. The number of aromatic nitrogens is 1. The summed E-state index contributed by atoms with van der Waals surface area (Å²) in [5, 5.41) is 12.0. The molecule has 0 spiro atoms. The second-order valence-corrected chi connectivity index (χ2v) is 9.49. The van der Waals surface area contributed by atoms with Crippen molar-refractivity contribution in [1.82, 2.24) is 4.98 Å². The van der Waals surface area contributed by atoms with Crippen LogP contribution >= 0.6 is 0 Å². The van der Waals surface area contributed by atoms with Crippen molar-refractivity contribution >= 4 is 23.4 Å². The van der Waals surface area contributed by atoms with E-state index in [0.29, 0.717) is 23.6 Å². The van der Waals surface area contributed by atoms with E-state index in [-0.39, 0.29) is 23.1 Å². The molecule has 204 valence electrons. The van der Waals surface area contributed by atoms with Gasteiger partial charge >= 0.3 is 5.97 Å². The molecule has 5 rings (SSSR count). The Morgan fingerprint density at radius 1 is 0.925 bits per heavy atom. The minimum absolute atomic E-state index is 0.0109. The number of benzene rings is 3. The maximum Gasteiger partial charge on any atom is 0.335 e. The highest BCUT2D eigenvalue weighted by Crippen LogP contribution is 2.26. The van der Waals surface area contributed by atoms with Crippen LogP contribution in [0.5, 0.6) is 17.2 Å². The van der Waals surface area contributed by atoms with Gasteiger partial charge in [0.05, 0.1) is 24.1 Å². The number of nitrogens with one attached hydrogen (secondary N) is 1. The average molecular weight is 542 g/mol. The summed E-state index contributed by atoms with van der Waals surface area (Å²) in [7, 11) is 0. The number of aromatic carboxylic acids is 1. The third-order valence-corrected chi connectivity index (χ3v) is 6.69. The Bertz CT molecular complexity index is 1460. The first-order valence-corrected chi connectivity index (χ1v) is 13.0. The summed E-state index contributed by atoms with van der Waals surface area (Å²) in [5.41, 5.74) is 1.08. The molecule has 0 saturated carbocycles. The summed E-state index contributed by atoms with van der Waals surface area (Å²) in [6.45, 7) is 1.81. The minimum atomic E-state index is -1.13. The number of hydrogen-bond acceptors (Lipinski definition) is 6. The minimum Gasteiger partial charge on any atom is -0.490 e. The van der Waals surface area contributed by atoms with Crippen LogP contribution in [-0.2, 0) is 0 Å². The van der Waals surface area contributed by atoms with E-state index >= 15 is 0 Å². The normalized spacial score (nSPS) is 13.5. The topological polar surface area (TPSA) is 101 Å². The van der Waals surface area contributed by atoms with E-state index < -0.39 is 11.8 Å². The molecule has 0 aliphatic carbocycles.